The number of hydrogen-bond donors (Lipinski definition) is 4. The first-order valence-corrected chi connectivity index (χ1v) is 4.95. The highest BCUT2D eigenvalue weighted by atomic mass is 16.4. The highest BCUT2D eigenvalue weighted by Crippen LogP contribution is 1.96. The van der Waals surface area contributed by atoms with Crippen LogP contribution in [-0.2, 0) is 4.79 Å². The minimum atomic E-state index is -0.931. The van der Waals surface area contributed by atoms with Crippen molar-refractivity contribution in [1.29, 1.82) is 0 Å². The lowest BCUT2D eigenvalue weighted by atomic mass is 10.1. The van der Waals surface area contributed by atoms with E-state index in [1.165, 1.54) is 0 Å². The fourth-order valence-corrected chi connectivity index (χ4v) is 0.889. The average molecular weight is 203 g/mol. The molecule has 0 radical (unpaired) electrons. The molecular formula is C9H21N3O2. The van der Waals surface area contributed by atoms with Gasteiger partial charge >= 0.3 is 5.97 Å². The zero-order valence-electron chi connectivity index (χ0n) is 8.92. The van der Waals surface area contributed by atoms with Crippen molar-refractivity contribution in [2.45, 2.75) is 19.9 Å². The van der Waals surface area contributed by atoms with Gasteiger partial charge in [-0.25, -0.2) is 0 Å². The van der Waals surface area contributed by atoms with Crippen LogP contribution in [0.1, 0.15) is 13.8 Å². The van der Waals surface area contributed by atoms with E-state index >= 15 is 0 Å². The van der Waals surface area contributed by atoms with E-state index in [9.17, 15) is 4.79 Å². The van der Waals surface area contributed by atoms with Crippen LogP contribution in [0.15, 0.2) is 0 Å². The Kier molecular flexibility index (Phi) is 7.37. The summed E-state index contributed by atoms with van der Waals surface area (Å²) in [6.45, 7) is 8.11. The van der Waals surface area contributed by atoms with Crippen molar-refractivity contribution < 1.29 is 9.90 Å². The number of piperazine rings is 1. The predicted molar refractivity (Wildman–Crippen MR) is 56.2 cm³/mol. The van der Waals surface area contributed by atoms with E-state index in [-0.39, 0.29) is 5.92 Å². The third-order valence-electron chi connectivity index (χ3n) is 1.96. The summed E-state index contributed by atoms with van der Waals surface area (Å²) in [5, 5.41) is 14.7. The monoisotopic (exact) mass is 203 g/mol. The summed E-state index contributed by atoms with van der Waals surface area (Å²) < 4.78 is 0. The van der Waals surface area contributed by atoms with Gasteiger partial charge in [-0.15, -0.1) is 0 Å². The second kappa shape index (κ2) is 7.73. The van der Waals surface area contributed by atoms with E-state index in [1.807, 2.05) is 0 Å². The van der Waals surface area contributed by atoms with Crippen LogP contribution >= 0.6 is 0 Å². The standard InChI is InChI=1S/C5H11NO2.C4H10N2/c1-3(2)4(6)5(7)8;1-2-6-4-3-5-1/h3-4H,6H2,1-2H3,(H,7,8);5-6H,1-4H2/t4-;/m0./s1. The Labute approximate surface area is 85.1 Å². The molecule has 1 heterocycles. The van der Waals surface area contributed by atoms with Crippen molar-refractivity contribution in [3.8, 4) is 0 Å². The third kappa shape index (κ3) is 6.82. The molecule has 5 nitrogen and oxygen atoms in total. The number of carbonyl (C=O) groups is 1. The molecule has 1 fully saturated rings. The Balaban J connectivity index is 0.000000249. The smallest absolute Gasteiger partial charge is 0.320 e. The van der Waals surface area contributed by atoms with Gasteiger partial charge in [-0.05, 0) is 5.92 Å². The highest BCUT2D eigenvalue weighted by molar-refractivity contribution is 5.73. The van der Waals surface area contributed by atoms with E-state index in [4.69, 9.17) is 10.8 Å². The van der Waals surface area contributed by atoms with Crippen LogP contribution in [0.3, 0.4) is 0 Å². The van der Waals surface area contributed by atoms with Crippen LogP contribution in [0.5, 0.6) is 0 Å². The Morgan fingerprint density at radius 2 is 1.57 bits per heavy atom. The molecule has 0 aromatic rings. The van der Waals surface area contributed by atoms with Gasteiger partial charge in [0.15, 0.2) is 0 Å². The van der Waals surface area contributed by atoms with Crippen LogP contribution in [0.2, 0.25) is 0 Å². The normalized spacial score (nSPS) is 18.3. The first-order chi connectivity index (χ1) is 6.55. The van der Waals surface area contributed by atoms with Gasteiger partial charge in [-0.3, -0.25) is 4.79 Å². The fourth-order valence-electron chi connectivity index (χ4n) is 0.889. The third-order valence-corrected chi connectivity index (χ3v) is 1.96. The molecular weight excluding hydrogens is 182 g/mol. The van der Waals surface area contributed by atoms with Gasteiger partial charge in [0.05, 0.1) is 0 Å². The summed E-state index contributed by atoms with van der Waals surface area (Å²) in [5.74, 6) is -0.910. The lowest BCUT2D eigenvalue weighted by Crippen LogP contribution is -2.39. The maximum absolute atomic E-state index is 10.0. The molecule has 0 spiro atoms. The maximum atomic E-state index is 10.0. The van der Waals surface area contributed by atoms with E-state index < -0.39 is 12.0 Å². The maximum Gasteiger partial charge on any atom is 0.320 e. The van der Waals surface area contributed by atoms with E-state index in [0.29, 0.717) is 0 Å². The lowest BCUT2D eigenvalue weighted by molar-refractivity contribution is -0.139. The van der Waals surface area contributed by atoms with Crippen LogP contribution < -0.4 is 16.4 Å². The SMILES string of the molecule is C1CNCCN1.CC(C)[C@H](N)C(=O)O. The first-order valence-electron chi connectivity index (χ1n) is 4.95. The molecule has 1 rings (SSSR count). The molecule has 1 aliphatic heterocycles. The Morgan fingerprint density at radius 1 is 1.21 bits per heavy atom. The molecule has 0 aromatic heterocycles. The molecule has 0 aliphatic carbocycles. The zero-order chi connectivity index (χ0) is 11.0. The quantitative estimate of drug-likeness (QED) is 0.473. The predicted octanol–water partition coefficient (Wildman–Crippen LogP) is -0.766. The molecule has 0 bridgehead atoms. The fraction of sp³-hybridized carbons (Fsp3) is 0.889. The first kappa shape index (κ1) is 13.4. The zero-order valence-corrected chi connectivity index (χ0v) is 8.92. The van der Waals surface area contributed by atoms with Crippen molar-refractivity contribution in [2.24, 2.45) is 11.7 Å². The molecule has 5 N–H and O–H groups in total. The molecule has 84 valence electrons. The minimum absolute atomic E-state index is 0.0208. The van der Waals surface area contributed by atoms with Crippen molar-refractivity contribution in [3.05, 3.63) is 0 Å². The number of hydrogen-bond acceptors (Lipinski definition) is 4. The van der Waals surface area contributed by atoms with Crippen LogP contribution in [0.25, 0.3) is 0 Å². The summed E-state index contributed by atoms with van der Waals surface area (Å²) in [5.41, 5.74) is 5.16. The van der Waals surface area contributed by atoms with Crippen LogP contribution in [0.4, 0.5) is 0 Å². The topological polar surface area (TPSA) is 87.4 Å². The second-order valence-electron chi connectivity index (χ2n) is 3.61. The summed E-state index contributed by atoms with van der Waals surface area (Å²) in [6, 6.07) is -0.713. The highest BCUT2D eigenvalue weighted by Gasteiger charge is 2.14. The molecule has 0 aromatic carbocycles. The number of carboxylic acids is 1. The van der Waals surface area contributed by atoms with Gasteiger partial charge in [0.25, 0.3) is 0 Å². The van der Waals surface area contributed by atoms with Crippen molar-refractivity contribution in [1.82, 2.24) is 10.6 Å². The van der Waals surface area contributed by atoms with Crippen LogP contribution in [0, 0.1) is 5.92 Å². The number of rotatable bonds is 2. The Bertz CT molecular complexity index is 147. The number of carboxylic acid groups (broad SMARTS) is 1. The lowest BCUT2D eigenvalue weighted by Gasteiger charge is -2.11. The molecule has 1 aliphatic rings. The minimum Gasteiger partial charge on any atom is -0.480 e. The van der Waals surface area contributed by atoms with Gasteiger partial charge in [-0.2, -0.15) is 0 Å². The second-order valence-corrected chi connectivity index (χ2v) is 3.61. The number of nitrogens with two attached hydrogens (primary N) is 1. The molecule has 1 saturated heterocycles. The summed E-state index contributed by atoms with van der Waals surface area (Å²) >= 11 is 0. The van der Waals surface area contributed by atoms with E-state index in [1.54, 1.807) is 13.8 Å². The summed E-state index contributed by atoms with van der Waals surface area (Å²) in [7, 11) is 0. The summed E-state index contributed by atoms with van der Waals surface area (Å²) in [4.78, 5) is 10.0. The number of aliphatic carboxylic acids is 1. The van der Waals surface area contributed by atoms with Gasteiger partial charge in [0, 0.05) is 26.2 Å². The van der Waals surface area contributed by atoms with Crippen molar-refractivity contribution in [2.75, 3.05) is 26.2 Å². The summed E-state index contributed by atoms with van der Waals surface area (Å²) in [6.07, 6.45) is 0. The Morgan fingerprint density at radius 3 is 1.64 bits per heavy atom. The molecule has 0 saturated carbocycles. The van der Waals surface area contributed by atoms with Crippen molar-refractivity contribution in [3.63, 3.8) is 0 Å². The largest absolute Gasteiger partial charge is 0.480 e. The Hall–Kier alpha value is -0.650. The molecule has 1 atom stereocenters. The van der Waals surface area contributed by atoms with Crippen LogP contribution in [-0.4, -0.2) is 43.3 Å². The molecule has 14 heavy (non-hydrogen) atoms. The van der Waals surface area contributed by atoms with Gasteiger partial charge in [0.2, 0.25) is 0 Å². The number of nitrogens with one attached hydrogen (secondary N) is 2. The average Bonchev–Trinajstić information content (AvgIpc) is 2.20. The van der Waals surface area contributed by atoms with Gasteiger partial charge in [-0.1, -0.05) is 13.8 Å². The van der Waals surface area contributed by atoms with E-state index in [0.717, 1.165) is 26.2 Å². The van der Waals surface area contributed by atoms with Crippen molar-refractivity contribution >= 4 is 5.97 Å². The van der Waals surface area contributed by atoms with Gasteiger partial charge in [0.1, 0.15) is 6.04 Å². The molecule has 5 heteroatoms. The van der Waals surface area contributed by atoms with E-state index in [2.05, 4.69) is 10.6 Å². The van der Waals surface area contributed by atoms with Gasteiger partial charge < -0.3 is 21.5 Å². The molecule has 0 amide bonds. The molecule has 0 unspecified atom stereocenters.